The van der Waals surface area contributed by atoms with Gasteiger partial charge in [-0.2, -0.15) is 8.78 Å². The normalized spacial score (nSPS) is 15.3. The average molecular weight is 427 g/mol. The van der Waals surface area contributed by atoms with Gasteiger partial charge >= 0.3 is 6.55 Å². The summed E-state index contributed by atoms with van der Waals surface area (Å²) in [5.74, 6) is 0.271. The van der Waals surface area contributed by atoms with Crippen LogP contribution in [-0.4, -0.2) is 69.9 Å². The van der Waals surface area contributed by atoms with Gasteiger partial charge < -0.3 is 4.90 Å². The van der Waals surface area contributed by atoms with Crippen LogP contribution in [0.2, 0.25) is 0 Å². The number of likely N-dealkylation sites (N-methyl/N-ethyl adjacent to an activating group) is 1. The van der Waals surface area contributed by atoms with Gasteiger partial charge in [-0.1, -0.05) is 42.5 Å². The van der Waals surface area contributed by atoms with Crippen LogP contribution in [0, 0.1) is 0 Å². The van der Waals surface area contributed by atoms with Crippen LogP contribution in [0.3, 0.4) is 0 Å². The van der Waals surface area contributed by atoms with E-state index in [9.17, 15) is 13.6 Å². The summed E-state index contributed by atoms with van der Waals surface area (Å²) < 4.78 is 26.8. The fourth-order valence-electron chi connectivity index (χ4n) is 4.10. The highest BCUT2D eigenvalue weighted by Gasteiger charge is 2.23. The van der Waals surface area contributed by atoms with Gasteiger partial charge in [0, 0.05) is 45.1 Å². The molecule has 4 rings (SSSR count). The molecular formula is C23H27F2N5O. The van der Waals surface area contributed by atoms with Crippen LogP contribution < -0.4 is 0 Å². The lowest BCUT2D eigenvalue weighted by Gasteiger charge is -2.35. The topological polar surface area (TPSA) is 44.6 Å². The summed E-state index contributed by atoms with van der Waals surface area (Å²) in [5, 5.41) is 2.51. The van der Waals surface area contributed by atoms with Gasteiger partial charge in [-0.15, -0.1) is 0 Å². The Labute approximate surface area is 180 Å². The lowest BCUT2D eigenvalue weighted by Crippen LogP contribution is -2.50. The minimum absolute atomic E-state index is 0.0162. The van der Waals surface area contributed by atoms with Gasteiger partial charge in [0.15, 0.2) is 0 Å². The summed E-state index contributed by atoms with van der Waals surface area (Å²) in [7, 11) is 1.75. The van der Waals surface area contributed by atoms with Crippen LogP contribution >= 0.6 is 0 Å². The highest BCUT2D eigenvalue weighted by atomic mass is 19.3. The molecule has 1 aromatic heterocycles. The zero-order valence-electron chi connectivity index (χ0n) is 17.6. The summed E-state index contributed by atoms with van der Waals surface area (Å²) in [6.45, 7) is 1.58. The Morgan fingerprint density at radius 3 is 2.61 bits per heavy atom. The van der Waals surface area contributed by atoms with E-state index in [0.717, 1.165) is 24.2 Å². The molecule has 0 atom stereocenters. The van der Waals surface area contributed by atoms with Crippen molar-refractivity contribution in [2.45, 2.75) is 19.6 Å². The molecule has 1 fully saturated rings. The third kappa shape index (κ3) is 5.08. The van der Waals surface area contributed by atoms with Crippen molar-refractivity contribution in [1.29, 1.82) is 0 Å². The first-order valence-corrected chi connectivity index (χ1v) is 10.5. The van der Waals surface area contributed by atoms with Gasteiger partial charge in [0.1, 0.15) is 5.82 Å². The van der Waals surface area contributed by atoms with Gasteiger partial charge in [0.2, 0.25) is 5.91 Å². The molecular weight excluding hydrogens is 400 g/mol. The van der Waals surface area contributed by atoms with Crippen molar-refractivity contribution < 1.29 is 13.6 Å². The molecule has 8 heteroatoms. The van der Waals surface area contributed by atoms with E-state index in [-0.39, 0.29) is 24.8 Å². The number of carbonyl (C=O) groups is 1. The van der Waals surface area contributed by atoms with E-state index in [1.165, 1.54) is 28.7 Å². The minimum Gasteiger partial charge on any atom is -0.339 e. The molecule has 1 amide bonds. The quantitative estimate of drug-likeness (QED) is 0.581. The molecule has 1 saturated heterocycles. The molecule has 0 spiro atoms. The Kier molecular flexibility index (Phi) is 6.58. The maximum Gasteiger partial charge on any atom is 0.319 e. The summed E-state index contributed by atoms with van der Waals surface area (Å²) in [6.07, 6.45) is 2.61. The molecule has 2 aromatic carbocycles. The van der Waals surface area contributed by atoms with Crippen molar-refractivity contribution in [3.05, 3.63) is 66.2 Å². The Hall–Kier alpha value is -2.84. The number of benzene rings is 2. The first-order chi connectivity index (χ1) is 15.0. The van der Waals surface area contributed by atoms with Gasteiger partial charge in [-0.3, -0.25) is 19.2 Å². The van der Waals surface area contributed by atoms with Crippen molar-refractivity contribution in [2.75, 3.05) is 39.8 Å². The number of nitrogens with zero attached hydrogens (tertiary/aromatic N) is 5. The van der Waals surface area contributed by atoms with E-state index in [4.69, 9.17) is 0 Å². The Morgan fingerprint density at radius 2 is 1.84 bits per heavy atom. The summed E-state index contributed by atoms with van der Waals surface area (Å²) in [4.78, 5) is 22.6. The second-order valence-electron chi connectivity index (χ2n) is 8.00. The maximum atomic E-state index is 13.0. The molecule has 0 unspecified atom stereocenters. The van der Waals surface area contributed by atoms with Crippen LogP contribution in [-0.2, 0) is 17.9 Å². The summed E-state index contributed by atoms with van der Waals surface area (Å²) in [6, 6.07) is 14.8. The maximum absolute atomic E-state index is 13.0. The number of imidazole rings is 1. The predicted octanol–water partition coefficient (Wildman–Crippen LogP) is 3.21. The molecule has 1 aliphatic rings. The van der Waals surface area contributed by atoms with Gasteiger partial charge in [0.25, 0.3) is 0 Å². The van der Waals surface area contributed by atoms with E-state index in [1.54, 1.807) is 11.9 Å². The third-order valence-electron chi connectivity index (χ3n) is 5.77. The number of rotatable bonds is 7. The third-order valence-corrected chi connectivity index (χ3v) is 5.77. The standard InChI is InChI=1S/C23H27F2N5O/c1-27(16-21-26-9-10-30(21)23(24)25)17-22(31)29-13-11-28(12-14-29)15-19-7-4-6-18-5-2-3-8-20(18)19/h2-10,23H,11-17H2,1H3. The first-order valence-electron chi connectivity index (χ1n) is 10.5. The zero-order valence-corrected chi connectivity index (χ0v) is 17.6. The molecule has 1 aliphatic heterocycles. The number of hydrogen-bond acceptors (Lipinski definition) is 4. The molecule has 2 heterocycles. The second-order valence-corrected chi connectivity index (χ2v) is 8.00. The van der Waals surface area contributed by atoms with Crippen molar-refractivity contribution in [3.63, 3.8) is 0 Å². The van der Waals surface area contributed by atoms with Crippen LogP contribution in [0.4, 0.5) is 8.78 Å². The fourth-order valence-corrected chi connectivity index (χ4v) is 4.10. The van der Waals surface area contributed by atoms with Crippen LogP contribution in [0.15, 0.2) is 54.9 Å². The van der Waals surface area contributed by atoms with Crippen LogP contribution in [0.5, 0.6) is 0 Å². The molecule has 3 aromatic rings. The Balaban J connectivity index is 1.28. The number of carbonyl (C=O) groups excluding carboxylic acids is 1. The molecule has 0 aliphatic carbocycles. The average Bonchev–Trinajstić information content (AvgIpc) is 3.23. The van der Waals surface area contributed by atoms with Crippen molar-refractivity contribution in [3.8, 4) is 0 Å². The van der Waals surface area contributed by atoms with Crippen molar-refractivity contribution >= 4 is 16.7 Å². The number of amides is 1. The number of halogens is 2. The number of aromatic nitrogens is 2. The summed E-state index contributed by atoms with van der Waals surface area (Å²) in [5.41, 5.74) is 1.30. The van der Waals surface area contributed by atoms with E-state index in [2.05, 4.69) is 46.3 Å². The largest absolute Gasteiger partial charge is 0.339 e. The predicted molar refractivity (Wildman–Crippen MR) is 116 cm³/mol. The number of hydrogen-bond donors (Lipinski definition) is 0. The van der Waals surface area contributed by atoms with Crippen molar-refractivity contribution in [2.24, 2.45) is 0 Å². The summed E-state index contributed by atoms with van der Waals surface area (Å²) >= 11 is 0. The second kappa shape index (κ2) is 9.53. The fraction of sp³-hybridized carbons (Fsp3) is 0.391. The van der Waals surface area contributed by atoms with E-state index < -0.39 is 6.55 Å². The first kappa shape index (κ1) is 21.4. The van der Waals surface area contributed by atoms with Crippen LogP contribution in [0.25, 0.3) is 10.8 Å². The highest BCUT2D eigenvalue weighted by Crippen LogP contribution is 2.20. The van der Waals surface area contributed by atoms with Crippen molar-refractivity contribution in [1.82, 2.24) is 24.3 Å². The molecule has 0 radical (unpaired) electrons. The molecule has 6 nitrogen and oxygen atoms in total. The SMILES string of the molecule is CN(CC(=O)N1CCN(Cc2cccc3ccccc23)CC1)Cc1nccn1C(F)F. The van der Waals surface area contributed by atoms with E-state index >= 15 is 0 Å². The Bertz CT molecular complexity index is 1020. The smallest absolute Gasteiger partial charge is 0.319 e. The number of alkyl halides is 2. The number of fused-ring (bicyclic) bond motifs is 1. The lowest BCUT2D eigenvalue weighted by molar-refractivity contribution is -0.134. The monoisotopic (exact) mass is 427 g/mol. The van der Waals surface area contributed by atoms with E-state index in [1.807, 2.05) is 11.0 Å². The van der Waals surface area contributed by atoms with Gasteiger partial charge in [-0.25, -0.2) is 4.98 Å². The van der Waals surface area contributed by atoms with Gasteiger partial charge in [-0.05, 0) is 23.4 Å². The molecule has 31 heavy (non-hydrogen) atoms. The molecule has 0 saturated carbocycles. The highest BCUT2D eigenvalue weighted by molar-refractivity contribution is 5.85. The van der Waals surface area contributed by atoms with Crippen LogP contribution in [0.1, 0.15) is 17.9 Å². The van der Waals surface area contributed by atoms with Gasteiger partial charge in [0.05, 0.1) is 13.1 Å². The Morgan fingerprint density at radius 1 is 1.10 bits per heavy atom. The lowest BCUT2D eigenvalue weighted by atomic mass is 10.0. The minimum atomic E-state index is -2.63. The molecule has 0 bridgehead atoms. The molecule has 0 N–H and O–H groups in total. The zero-order chi connectivity index (χ0) is 21.8. The van der Waals surface area contributed by atoms with E-state index in [0.29, 0.717) is 13.1 Å². The molecule has 164 valence electrons. The number of piperazine rings is 1.